The summed E-state index contributed by atoms with van der Waals surface area (Å²) in [7, 11) is -3.50. The van der Waals surface area contributed by atoms with Crippen molar-refractivity contribution in [1.82, 2.24) is 25.0 Å². The van der Waals surface area contributed by atoms with E-state index >= 15 is 0 Å². The van der Waals surface area contributed by atoms with Gasteiger partial charge in [-0.3, -0.25) is 4.57 Å². The second kappa shape index (κ2) is 8.89. The molecule has 0 spiro atoms. The summed E-state index contributed by atoms with van der Waals surface area (Å²) in [4.78, 5) is 7.87. The minimum atomic E-state index is -3.50. The van der Waals surface area contributed by atoms with Crippen LogP contribution in [0.4, 0.5) is 11.8 Å². The van der Waals surface area contributed by atoms with Crippen molar-refractivity contribution < 1.29 is 23.5 Å². The van der Waals surface area contributed by atoms with Gasteiger partial charge in [0.05, 0.1) is 25.4 Å². The van der Waals surface area contributed by atoms with Crippen LogP contribution in [0.1, 0.15) is 27.7 Å². The number of anilines is 2. The van der Waals surface area contributed by atoms with Crippen LogP contribution in [0.25, 0.3) is 11.2 Å². The van der Waals surface area contributed by atoms with Gasteiger partial charge in [-0.05, 0) is 27.7 Å². The monoisotopic (exact) mass is 403 g/mol. The zero-order valence-corrected chi connectivity index (χ0v) is 16.7. The third-order valence-electron chi connectivity index (χ3n) is 3.20. The highest BCUT2D eigenvalue weighted by Gasteiger charge is 2.30. The molecule has 0 bridgehead atoms. The van der Waals surface area contributed by atoms with Gasteiger partial charge in [-0.1, -0.05) is 5.21 Å². The average Bonchev–Trinajstić information content (AvgIpc) is 2.92. The number of aliphatic hydroxyl groups excluding tert-OH is 1. The molecule has 0 saturated carbocycles. The number of hydrogen-bond acceptors (Lipinski definition) is 11. The Kier molecular flexibility index (Phi) is 7.06. The highest BCUT2D eigenvalue weighted by Crippen LogP contribution is 2.50. The molecule has 2 heterocycles. The molecule has 12 nitrogen and oxygen atoms in total. The summed E-state index contributed by atoms with van der Waals surface area (Å²) in [6, 6.07) is 0. The van der Waals surface area contributed by atoms with Gasteiger partial charge in [0, 0.05) is 0 Å². The van der Waals surface area contributed by atoms with Gasteiger partial charge >= 0.3 is 7.60 Å². The third kappa shape index (κ3) is 5.81. The number of aromatic nitrogens is 5. The summed E-state index contributed by atoms with van der Waals surface area (Å²) < 4.78 is 30.6. The fourth-order valence-electron chi connectivity index (χ4n) is 2.30. The van der Waals surface area contributed by atoms with E-state index in [1.54, 1.807) is 27.7 Å². The maximum Gasteiger partial charge on any atom is 0.356 e. The fraction of sp³-hybridized carbons (Fsp3) is 0.714. The van der Waals surface area contributed by atoms with E-state index in [2.05, 4.69) is 20.3 Å². The van der Waals surface area contributed by atoms with Crippen LogP contribution in [-0.2, 0) is 24.9 Å². The largest absolute Gasteiger partial charge is 0.394 e. The fourth-order valence-corrected chi connectivity index (χ4v) is 4.15. The van der Waals surface area contributed by atoms with Crippen LogP contribution in [0.15, 0.2) is 0 Å². The maximum absolute atomic E-state index is 12.8. The Bertz CT molecular complexity index is 798. The number of aliphatic hydroxyl groups is 1. The van der Waals surface area contributed by atoms with Crippen LogP contribution in [0.3, 0.4) is 0 Å². The van der Waals surface area contributed by atoms with Crippen LogP contribution in [0.2, 0.25) is 0 Å². The molecule has 0 amide bonds. The van der Waals surface area contributed by atoms with Crippen LogP contribution >= 0.6 is 7.60 Å². The van der Waals surface area contributed by atoms with Crippen molar-refractivity contribution in [3.8, 4) is 0 Å². The van der Waals surface area contributed by atoms with Crippen molar-refractivity contribution in [1.29, 1.82) is 0 Å². The molecular weight excluding hydrogens is 377 g/mol. The molecule has 13 heteroatoms. The van der Waals surface area contributed by atoms with E-state index < -0.39 is 13.7 Å². The normalized spacial score (nSPS) is 13.7. The standard InChI is InChI=1S/C14H26N7O5P/c1-8(2)25-27(23,26-9(3)4)7-24-10(6-22)5-21-13-11(19-20-21)12(15)17-14(16)18-13/h8-10,22H,5-7H2,1-4H3,(H4,15,16,17,18)/t10-/m0/s1. The lowest BCUT2D eigenvalue weighted by molar-refractivity contribution is 0.00917. The Morgan fingerprint density at radius 3 is 2.33 bits per heavy atom. The number of hydrogen-bond donors (Lipinski definition) is 3. The number of fused-ring (bicyclic) bond motifs is 1. The first-order valence-corrected chi connectivity index (χ1v) is 10.2. The number of nitrogens with two attached hydrogens (primary N) is 2. The quantitative estimate of drug-likeness (QED) is 0.478. The zero-order valence-electron chi connectivity index (χ0n) is 15.8. The molecule has 2 rings (SSSR count). The summed E-state index contributed by atoms with van der Waals surface area (Å²) in [5, 5.41) is 17.5. The first-order chi connectivity index (χ1) is 12.6. The summed E-state index contributed by atoms with van der Waals surface area (Å²) in [6.45, 7) is 6.70. The van der Waals surface area contributed by atoms with Crippen molar-refractivity contribution in [2.45, 2.75) is 52.6 Å². The molecule has 2 aromatic heterocycles. The van der Waals surface area contributed by atoms with Gasteiger partial charge in [0.2, 0.25) is 5.95 Å². The van der Waals surface area contributed by atoms with Crippen LogP contribution in [0, 0.1) is 0 Å². The molecular formula is C14H26N7O5P. The Balaban J connectivity index is 2.12. The topological polar surface area (TPSA) is 174 Å². The Hall–Kier alpha value is -1.85. The van der Waals surface area contributed by atoms with Crippen molar-refractivity contribution in [2.24, 2.45) is 0 Å². The SMILES string of the molecule is CC(C)OP(=O)(CO[C@H](CO)Cn1nnc2c(N)nc(N)nc21)OC(C)C. The highest BCUT2D eigenvalue weighted by atomic mass is 31.2. The van der Waals surface area contributed by atoms with E-state index in [4.69, 9.17) is 25.3 Å². The van der Waals surface area contributed by atoms with Crippen molar-refractivity contribution in [3.63, 3.8) is 0 Å². The molecule has 0 unspecified atom stereocenters. The number of nitrogen functional groups attached to an aromatic ring is 2. The molecule has 1 atom stereocenters. The van der Waals surface area contributed by atoms with Gasteiger partial charge in [-0.15, -0.1) is 5.10 Å². The molecule has 0 aromatic carbocycles. The van der Waals surface area contributed by atoms with E-state index in [0.29, 0.717) is 5.65 Å². The number of ether oxygens (including phenoxy) is 1. The minimum Gasteiger partial charge on any atom is -0.394 e. The highest BCUT2D eigenvalue weighted by molar-refractivity contribution is 7.53. The first-order valence-electron chi connectivity index (χ1n) is 8.44. The maximum atomic E-state index is 12.8. The predicted octanol–water partition coefficient (Wildman–Crippen LogP) is 0.764. The average molecular weight is 403 g/mol. The predicted molar refractivity (Wildman–Crippen MR) is 98.8 cm³/mol. The lowest BCUT2D eigenvalue weighted by Gasteiger charge is -2.24. The van der Waals surface area contributed by atoms with Crippen molar-refractivity contribution >= 4 is 30.5 Å². The van der Waals surface area contributed by atoms with E-state index in [1.807, 2.05) is 0 Å². The molecule has 0 fully saturated rings. The Morgan fingerprint density at radius 1 is 1.15 bits per heavy atom. The van der Waals surface area contributed by atoms with Crippen molar-refractivity contribution in [3.05, 3.63) is 0 Å². The molecule has 0 aliphatic rings. The van der Waals surface area contributed by atoms with Gasteiger partial charge in [0.25, 0.3) is 0 Å². The first kappa shape index (κ1) is 21.5. The molecule has 0 radical (unpaired) electrons. The summed E-state index contributed by atoms with van der Waals surface area (Å²) >= 11 is 0. The summed E-state index contributed by atoms with van der Waals surface area (Å²) in [5.41, 5.74) is 11.9. The summed E-state index contributed by atoms with van der Waals surface area (Å²) in [6.07, 6.45) is -1.70. The van der Waals surface area contributed by atoms with E-state index in [0.717, 1.165) is 0 Å². The lowest BCUT2D eigenvalue weighted by Crippen LogP contribution is -2.26. The Labute approximate surface area is 156 Å². The third-order valence-corrected chi connectivity index (χ3v) is 5.15. The van der Waals surface area contributed by atoms with E-state index in [-0.39, 0.29) is 49.0 Å². The van der Waals surface area contributed by atoms with E-state index in [9.17, 15) is 9.67 Å². The molecule has 27 heavy (non-hydrogen) atoms. The van der Waals surface area contributed by atoms with Gasteiger partial charge < -0.3 is 30.4 Å². The number of nitrogens with zero attached hydrogens (tertiary/aromatic N) is 5. The Morgan fingerprint density at radius 2 is 1.78 bits per heavy atom. The molecule has 152 valence electrons. The molecule has 0 aliphatic carbocycles. The van der Waals surface area contributed by atoms with Crippen LogP contribution in [-0.4, -0.2) is 61.3 Å². The zero-order chi connectivity index (χ0) is 20.2. The molecule has 5 N–H and O–H groups in total. The molecule has 0 saturated heterocycles. The van der Waals surface area contributed by atoms with Gasteiger partial charge in [-0.2, -0.15) is 9.97 Å². The summed E-state index contributed by atoms with van der Waals surface area (Å²) in [5.74, 6) is 0.0792. The van der Waals surface area contributed by atoms with Crippen LogP contribution in [0.5, 0.6) is 0 Å². The van der Waals surface area contributed by atoms with Gasteiger partial charge in [-0.25, -0.2) is 4.68 Å². The molecule has 2 aromatic rings. The van der Waals surface area contributed by atoms with Crippen molar-refractivity contribution in [2.75, 3.05) is 24.4 Å². The smallest absolute Gasteiger partial charge is 0.356 e. The van der Waals surface area contributed by atoms with Crippen LogP contribution < -0.4 is 11.5 Å². The van der Waals surface area contributed by atoms with E-state index in [1.165, 1.54) is 4.68 Å². The van der Waals surface area contributed by atoms with Gasteiger partial charge in [0.15, 0.2) is 17.0 Å². The van der Waals surface area contributed by atoms with Gasteiger partial charge in [0.1, 0.15) is 12.5 Å². The minimum absolute atomic E-state index is 0.0230. The number of rotatable bonds is 10. The lowest BCUT2D eigenvalue weighted by atomic mass is 10.4. The second-order valence-corrected chi connectivity index (χ2v) is 8.33. The molecule has 0 aliphatic heterocycles. The second-order valence-electron chi connectivity index (χ2n) is 6.43.